The van der Waals surface area contributed by atoms with Crippen LogP contribution in [0.5, 0.6) is 0 Å². The lowest BCUT2D eigenvalue weighted by Crippen LogP contribution is -2.53. The number of ether oxygens (including phenoxy) is 2. The molecule has 0 radical (unpaired) electrons. The third-order valence-electron chi connectivity index (χ3n) is 7.24. The van der Waals surface area contributed by atoms with Crippen LogP contribution in [0.15, 0.2) is 77.9 Å². The molecule has 8 nitrogen and oxygen atoms in total. The SMILES string of the molecule is CN(C)C(=O)COC[C@@H](Cc1ccccc1)N(C)C(=O)[C@@H](CC1=CC2=CC=CCC2C=C1)N(C)C(=O)OC(C)(C)C. The molecule has 3 atom stereocenters. The van der Waals surface area contributed by atoms with Crippen molar-refractivity contribution in [3.63, 3.8) is 0 Å². The lowest BCUT2D eigenvalue weighted by Gasteiger charge is -2.36. The van der Waals surface area contributed by atoms with Gasteiger partial charge in [0.2, 0.25) is 11.8 Å². The number of carbonyl (C=O) groups excluding carboxylic acids is 3. The number of likely N-dealkylation sites (N-methyl/N-ethyl adjacent to an activating group) is 3. The van der Waals surface area contributed by atoms with Gasteiger partial charge in [0.25, 0.3) is 0 Å². The molecular formula is C33H45N3O5. The summed E-state index contributed by atoms with van der Waals surface area (Å²) in [5, 5.41) is 0. The summed E-state index contributed by atoms with van der Waals surface area (Å²) in [6, 6.07) is 8.69. The summed E-state index contributed by atoms with van der Waals surface area (Å²) >= 11 is 0. The van der Waals surface area contributed by atoms with Crippen molar-refractivity contribution in [1.82, 2.24) is 14.7 Å². The Labute approximate surface area is 245 Å². The summed E-state index contributed by atoms with van der Waals surface area (Å²) in [7, 11) is 6.70. The minimum absolute atomic E-state index is 0.0794. The van der Waals surface area contributed by atoms with E-state index in [9.17, 15) is 14.4 Å². The van der Waals surface area contributed by atoms with Crippen LogP contribution in [0, 0.1) is 5.92 Å². The van der Waals surface area contributed by atoms with Gasteiger partial charge in [0.1, 0.15) is 18.2 Å². The molecule has 0 heterocycles. The average Bonchev–Trinajstić information content (AvgIpc) is 2.93. The predicted octanol–water partition coefficient (Wildman–Crippen LogP) is 4.79. The zero-order chi connectivity index (χ0) is 30.2. The van der Waals surface area contributed by atoms with Gasteiger partial charge in [0.15, 0.2) is 0 Å². The van der Waals surface area contributed by atoms with E-state index in [0.29, 0.717) is 18.8 Å². The van der Waals surface area contributed by atoms with Gasteiger partial charge in [0.05, 0.1) is 12.6 Å². The number of hydrogen-bond acceptors (Lipinski definition) is 5. The monoisotopic (exact) mass is 563 g/mol. The summed E-state index contributed by atoms with van der Waals surface area (Å²) in [6.45, 7) is 5.51. The molecule has 0 aromatic heterocycles. The van der Waals surface area contributed by atoms with Crippen LogP contribution in [-0.4, -0.2) is 91.7 Å². The van der Waals surface area contributed by atoms with Gasteiger partial charge in [-0.3, -0.25) is 14.5 Å². The highest BCUT2D eigenvalue weighted by Gasteiger charge is 2.35. The minimum atomic E-state index is -0.802. The lowest BCUT2D eigenvalue weighted by atomic mass is 9.84. The zero-order valence-electron chi connectivity index (χ0n) is 25.5. The highest BCUT2D eigenvalue weighted by molar-refractivity contribution is 5.86. The molecule has 1 unspecified atom stereocenters. The molecule has 0 saturated heterocycles. The Kier molecular flexibility index (Phi) is 11.1. The van der Waals surface area contributed by atoms with Crippen molar-refractivity contribution in [1.29, 1.82) is 0 Å². The van der Waals surface area contributed by atoms with Crippen LogP contribution in [0.3, 0.4) is 0 Å². The molecular weight excluding hydrogens is 518 g/mol. The smallest absolute Gasteiger partial charge is 0.410 e. The summed E-state index contributed by atoms with van der Waals surface area (Å²) in [6.07, 6.45) is 13.9. The number of nitrogens with zero attached hydrogens (tertiary/aromatic N) is 3. The third-order valence-corrected chi connectivity index (χ3v) is 7.24. The topological polar surface area (TPSA) is 79.4 Å². The third kappa shape index (κ3) is 9.46. The van der Waals surface area contributed by atoms with Crippen LogP contribution < -0.4 is 0 Å². The second-order valence-corrected chi connectivity index (χ2v) is 11.9. The van der Waals surface area contributed by atoms with E-state index in [-0.39, 0.29) is 31.1 Å². The molecule has 0 bridgehead atoms. The molecule has 1 aromatic carbocycles. The molecule has 0 fully saturated rings. The maximum absolute atomic E-state index is 14.2. The lowest BCUT2D eigenvalue weighted by molar-refractivity contribution is -0.139. The molecule has 2 aliphatic rings. The van der Waals surface area contributed by atoms with Gasteiger partial charge in [-0.1, -0.05) is 66.8 Å². The average molecular weight is 564 g/mol. The van der Waals surface area contributed by atoms with Crippen molar-refractivity contribution < 1.29 is 23.9 Å². The highest BCUT2D eigenvalue weighted by atomic mass is 16.6. The largest absolute Gasteiger partial charge is 0.444 e. The minimum Gasteiger partial charge on any atom is -0.444 e. The summed E-state index contributed by atoms with van der Waals surface area (Å²) in [5.74, 6) is -0.0432. The van der Waals surface area contributed by atoms with Gasteiger partial charge in [-0.2, -0.15) is 0 Å². The van der Waals surface area contributed by atoms with E-state index in [4.69, 9.17) is 9.47 Å². The van der Waals surface area contributed by atoms with Gasteiger partial charge < -0.3 is 19.3 Å². The Hall–Kier alpha value is -3.65. The van der Waals surface area contributed by atoms with Gasteiger partial charge in [-0.15, -0.1) is 0 Å². The van der Waals surface area contributed by atoms with Gasteiger partial charge >= 0.3 is 6.09 Å². The van der Waals surface area contributed by atoms with Crippen LogP contribution in [0.4, 0.5) is 4.79 Å². The fraction of sp³-hybridized carbons (Fsp3) is 0.485. The van der Waals surface area contributed by atoms with Crippen molar-refractivity contribution in [3.8, 4) is 0 Å². The van der Waals surface area contributed by atoms with E-state index >= 15 is 0 Å². The number of benzene rings is 1. The Morgan fingerprint density at radius 1 is 1.00 bits per heavy atom. The second kappa shape index (κ2) is 14.3. The Morgan fingerprint density at radius 2 is 1.71 bits per heavy atom. The zero-order valence-corrected chi connectivity index (χ0v) is 25.5. The Balaban J connectivity index is 1.87. The van der Waals surface area contributed by atoms with E-state index < -0.39 is 17.7 Å². The molecule has 3 amide bonds. The summed E-state index contributed by atoms with van der Waals surface area (Å²) in [5.41, 5.74) is 2.50. The Bertz CT molecular complexity index is 1190. The molecule has 41 heavy (non-hydrogen) atoms. The van der Waals surface area contributed by atoms with Crippen molar-refractivity contribution in [2.24, 2.45) is 5.92 Å². The molecule has 222 valence electrons. The quantitative estimate of drug-likeness (QED) is 0.387. The highest BCUT2D eigenvalue weighted by Crippen LogP contribution is 2.31. The van der Waals surface area contributed by atoms with Crippen LogP contribution in [0.1, 0.15) is 39.2 Å². The van der Waals surface area contributed by atoms with Gasteiger partial charge in [-0.25, -0.2) is 4.79 Å². The number of rotatable bonds is 11. The number of allylic oxidation sites excluding steroid dienone is 7. The van der Waals surface area contributed by atoms with Crippen molar-refractivity contribution in [2.75, 3.05) is 41.4 Å². The molecule has 0 spiro atoms. The fourth-order valence-corrected chi connectivity index (χ4v) is 4.73. The number of carbonyl (C=O) groups is 3. The predicted molar refractivity (Wildman–Crippen MR) is 161 cm³/mol. The van der Waals surface area contributed by atoms with Crippen LogP contribution in [0.25, 0.3) is 0 Å². The standard InChI is InChI=1S/C33H45N3O5/c1-33(2,3)41-32(39)36(7)29(21-25-17-18-26-15-11-12-16-27(26)19-25)31(38)35(6)28(20-24-13-9-8-10-14-24)22-40-23-30(37)34(4)5/h8-14,16-19,26,28-29H,15,20-23H2,1-7H3/t26?,28-,29-/m1/s1. The summed E-state index contributed by atoms with van der Waals surface area (Å²) in [4.78, 5) is 44.1. The molecule has 3 rings (SSSR count). The van der Waals surface area contributed by atoms with Gasteiger partial charge in [0, 0.05) is 40.5 Å². The Morgan fingerprint density at radius 3 is 2.37 bits per heavy atom. The fourth-order valence-electron chi connectivity index (χ4n) is 4.73. The normalized spacial score (nSPS) is 17.5. The van der Waals surface area contributed by atoms with Crippen molar-refractivity contribution >= 4 is 17.9 Å². The first-order valence-corrected chi connectivity index (χ1v) is 14.2. The molecule has 2 aliphatic carbocycles. The molecule has 1 aromatic rings. The maximum Gasteiger partial charge on any atom is 0.410 e. The van der Waals surface area contributed by atoms with Crippen molar-refractivity contribution in [3.05, 3.63) is 83.5 Å². The van der Waals surface area contributed by atoms with Gasteiger partial charge in [-0.05, 0) is 50.3 Å². The first-order chi connectivity index (χ1) is 19.4. The maximum atomic E-state index is 14.2. The van der Waals surface area contributed by atoms with E-state index in [0.717, 1.165) is 17.6 Å². The number of fused-ring (bicyclic) bond motifs is 1. The first-order valence-electron chi connectivity index (χ1n) is 14.2. The van der Waals surface area contributed by atoms with Crippen molar-refractivity contribution in [2.45, 2.75) is 57.7 Å². The molecule has 0 saturated carbocycles. The first kappa shape index (κ1) is 31.9. The summed E-state index contributed by atoms with van der Waals surface area (Å²) < 4.78 is 11.4. The second-order valence-electron chi connectivity index (χ2n) is 11.9. The van der Waals surface area contributed by atoms with Crippen LogP contribution >= 0.6 is 0 Å². The van der Waals surface area contributed by atoms with E-state index in [2.05, 4.69) is 36.5 Å². The van der Waals surface area contributed by atoms with Crippen LogP contribution in [0.2, 0.25) is 0 Å². The molecule has 0 N–H and O–H groups in total. The molecule has 0 aliphatic heterocycles. The van der Waals surface area contributed by atoms with E-state index in [1.54, 1.807) is 53.9 Å². The van der Waals surface area contributed by atoms with E-state index in [1.165, 1.54) is 15.4 Å². The number of hydrogen-bond donors (Lipinski definition) is 0. The molecule has 8 heteroatoms. The van der Waals surface area contributed by atoms with E-state index in [1.807, 2.05) is 30.3 Å². The van der Waals surface area contributed by atoms with Crippen LogP contribution in [-0.2, 0) is 25.5 Å². The number of amides is 3.